The highest BCUT2D eigenvalue weighted by molar-refractivity contribution is 9.10. The van der Waals surface area contributed by atoms with Gasteiger partial charge in [-0.05, 0) is 42.8 Å². The van der Waals surface area contributed by atoms with E-state index >= 15 is 0 Å². The number of carbonyl (C=O) groups is 1. The van der Waals surface area contributed by atoms with Crippen LogP contribution in [0.5, 0.6) is 0 Å². The van der Waals surface area contributed by atoms with Crippen molar-refractivity contribution in [2.24, 2.45) is 0 Å². The summed E-state index contributed by atoms with van der Waals surface area (Å²) < 4.78 is 7.47. The highest BCUT2D eigenvalue weighted by Gasteiger charge is 2.17. The molecular formula is C11H13BrN4O2. The number of aromatic nitrogens is 3. The normalized spacial score (nSPS) is 11.6. The standard InChI is InChI=1S/C11H13BrN4O2/c1-11(2,3)18-10(17)14-8-6-9-13-5-4-7(12)16(9)15-8/h4-6H,1-3H3,(H,14,15,17). The molecule has 0 saturated carbocycles. The van der Waals surface area contributed by atoms with Crippen molar-refractivity contribution in [3.8, 4) is 0 Å². The first-order valence-electron chi connectivity index (χ1n) is 5.35. The minimum Gasteiger partial charge on any atom is -0.444 e. The quantitative estimate of drug-likeness (QED) is 0.822. The second-order valence-corrected chi connectivity index (χ2v) is 5.51. The summed E-state index contributed by atoms with van der Waals surface area (Å²) >= 11 is 3.34. The van der Waals surface area contributed by atoms with Gasteiger partial charge in [0.15, 0.2) is 11.5 Å². The predicted octanol–water partition coefficient (Wildman–Crippen LogP) is 2.84. The minimum absolute atomic E-state index is 0.392. The fourth-order valence-corrected chi connectivity index (χ4v) is 1.71. The SMILES string of the molecule is CC(C)(C)OC(=O)Nc1cc2nccc(Br)n2n1. The Labute approximate surface area is 112 Å². The first-order valence-corrected chi connectivity index (χ1v) is 6.15. The summed E-state index contributed by atoms with van der Waals surface area (Å²) in [7, 11) is 0. The first kappa shape index (κ1) is 12.8. The lowest BCUT2D eigenvalue weighted by Gasteiger charge is -2.18. The van der Waals surface area contributed by atoms with E-state index in [0.717, 1.165) is 4.60 Å². The van der Waals surface area contributed by atoms with Crippen molar-refractivity contribution >= 4 is 33.5 Å². The molecule has 0 aliphatic carbocycles. The smallest absolute Gasteiger partial charge is 0.413 e. The van der Waals surface area contributed by atoms with Gasteiger partial charge in [0.1, 0.15) is 10.2 Å². The lowest BCUT2D eigenvalue weighted by molar-refractivity contribution is 0.0635. The summed E-state index contributed by atoms with van der Waals surface area (Å²) in [6, 6.07) is 3.42. The van der Waals surface area contributed by atoms with Crippen LogP contribution in [0.25, 0.3) is 5.65 Å². The monoisotopic (exact) mass is 312 g/mol. The molecule has 0 radical (unpaired) electrons. The number of nitrogens with zero attached hydrogens (tertiary/aromatic N) is 3. The van der Waals surface area contributed by atoms with E-state index in [1.807, 2.05) is 0 Å². The van der Waals surface area contributed by atoms with Gasteiger partial charge in [0.05, 0.1) is 0 Å². The Morgan fingerprint density at radius 3 is 2.83 bits per heavy atom. The van der Waals surface area contributed by atoms with Gasteiger partial charge >= 0.3 is 6.09 Å². The number of hydrogen-bond donors (Lipinski definition) is 1. The highest BCUT2D eigenvalue weighted by Crippen LogP contribution is 2.15. The molecule has 0 aromatic carbocycles. The summed E-state index contributed by atoms with van der Waals surface area (Å²) in [5, 5.41) is 6.74. The van der Waals surface area contributed by atoms with E-state index in [-0.39, 0.29) is 0 Å². The number of hydrogen-bond acceptors (Lipinski definition) is 4. The van der Waals surface area contributed by atoms with Crippen LogP contribution in [0, 0.1) is 0 Å². The topological polar surface area (TPSA) is 68.5 Å². The van der Waals surface area contributed by atoms with Gasteiger partial charge in [-0.2, -0.15) is 0 Å². The zero-order valence-electron chi connectivity index (χ0n) is 10.3. The van der Waals surface area contributed by atoms with E-state index in [1.165, 1.54) is 0 Å². The molecule has 0 bridgehead atoms. The maximum Gasteiger partial charge on any atom is 0.413 e. The van der Waals surface area contributed by atoms with E-state index in [9.17, 15) is 4.79 Å². The third-order valence-corrected chi connectivity index (χ3v) is 2.54. The molecule has 0 unspecified atom stereocenters. The van der Waals surface area contributed by atoms with Crippen LogP contribution in [0.2, 0.25) is 0 Å². The van der Waals surface area contributed by atoms with Crippen LogP contribution in [-0.4, -0.2) is 26.3 Å². The predicted molar refractivity (Wildman–Crippen MR) is 70.5 cm³/mol. The Morgan fingerprint density at radius 1 is 1.50 bits per heavy atom. The summed E-state index contributed by atoms with van der Waals surface area (Å²) in [4.78, 5) is 15.7. The van der Waals surface area contributed by atoms with E-state index in [1.54, 1.807) is 43.6 Å². The molecule has 0 atom stereocenters. The largest absolute Gasteiger partial charge is 0.444 e. The molecule has 2 rings (SSSR count). The molecule has 96 valence electrons. The van der Waals surface area contributed by atoms with Crippen LogP contribution < -0.4 is 5.32 Å². The maximum atomic E-state index is 11.6. The van der Waals surface area contributed by atoms with Crippen LogP contribution in [0.1, 0.15) is 20.8 Å². The first-order chi connectivity index (χ1) is 8.35. The third kappa shape index (κ3) is 2.98. The Balaban J connectivity index is 2.18. The molecule has 1 amide bonds. The zero-order chi connectivity index (χ0) is 13.3. The van der Waals surface area contributed by atoms with Crippen molar-refractivity contribution in [1.82, 2.24) is 14.6 Å². The molecule has 0 aliphatic rings. The van der Waals surface area contributed by atoms with E-state index in [4.69, 9.17) is 4.74 Å². The second kappa shape index (κ2) is 4.56. The van der Waals surface area contributed by atoms with Crippen LogP contribution in [0.4, 0.5) is 10.6 Å². The van der Waals surface area contributed by atoms with Crippen molar-refractivity contribution in [2.75, 3.05) is 5.32 Å². The summed E-state index contributed by atoms with van der Waals surface area (Å²) in [5.74, 6) is 0.392. The number of rotatable bonds is 1. The lowest BCUT2D eigenvalue weighted by atomic mass is 10.2. The van der Waals surface area contributed by atoms with Crippen molar-refractivity contribution in [3.63, 3.8) is 0 Å². The van der Waals surface area contributed by atoms with Crippen LogP contribution in [-0.2, 0) is 4.74 Å². The van der Waals surface area contributed by atoms with Crippen molar-refractivity contribution < 1.29 is 9.53 Å². The number of nitrogens with one attached hydrogen (secondary N) is 1. The molecule has 2 aromatic heterocycles. The van der Waals surface area contributed by atoms with Gasteiger partial charge in [-0.25, -0.2) is 14.3 Å². The van der Waals surface area contributed by atoms with Gasteiger partial charge in [-0.3, -0.25) is 5.32 Å². The van der Waals surface area contributed by atoms with E-state index < -0.39 is 11.7 Å². The highest BCUT2D eigenvalue weighted by atomic mass is 79.9. The number of amides is 1. The van der Waals surface area contributed by atoms with Gasteiger partial charge in [-0.1, -0.05) is 0 Å². The molecule has 2 aromatic rings. The number of carbonyl (C=O) groups excluding carboxylic acids is 1. The second-order valence-electron chi connectivity index (χ2n) is 4.69. The molecule has 0 fully saturated rings. The van der Waals surface area contributed by atoms with Crippen LogP contribution in [0.15, 0.2) is 22.9 Å². The molecule has 18 heavy (non-hydrogen) atoms. The number of halogens is 1. The third-order valence-electron chi connectivity index (χ3n) is 1.94. The Morgan fingerprint density at radius 2 is 2.22 bits per heavy atom. The van der Waals surface area contributed by atoms with Gasteiger partial charge in [-0.15, -0.1) is 5.10 Å². The molecule has 1 N–H and O–H groups in total. The molecule has 0 spiro atoms. The summed E-state index contributed by atoms with van der Waals surface area (Å²) in [6.07, 6.45) is 1.11. The van der Waals surface area contributed by atoms with Gasteiger partial charge in [0.2, 0.25) is 0 Å². The Hall–Kier alpha value is -1.63. The molecule has 2 heterocycles. The number of ether oxygens (including phenoxy) is 1. The molecular weight excluding hydrogens is 300 g/mol. The summed E-state index contributed by atoms with van der Waals surface area (Å²) in [5.41, 5.74) is 0.0951. The van der Waals surface area contributed by atoms with Crippen LogP contribution in [0.3, 0.4) is 0 Å². The molecule has 6 nitrogen and oxygen atoms in total. The zero-order valence-corrected chi connectivity index (χ0v) is 11.9. The molecule has 0 saturated heterocycles. The average Bonchev–Trinajstić information content (AvgIpc) is 2.58. The van der Waals surface area contributed by atoms with Crippen LogP contribution >= 0.6 is 15.9 Å². The van der Waals surface area contributed by atoms with E-state index in [2.05, 4.69) is 31.3 Å². The van der Waals surface area contributed by atoms with E-state index in [0.29, 0.717) is 11.5 Å². The van der Waals surface area contributed by atoms with Crippen molar-refractivity contribution in [1.29, 1.82) is 0 Å². The molecule has 7 heteroatoms. The molecule has 0 aliphatic heterocycles. The number of anilines is 1. The maximum absolute atomic E-state index is 11.6. The van der Waals surface area contributed by atoms with Crippen molar-refractivity contribution in [2.45, 2.75) is 26.4 Å². The van der Waals surface area contributed by atoms with Crippen molar-refractivity contribution in [3.05, 3.63) is 22.9 Å². The van der Waals surface area contributed by atoms with Gasteiger partial charge in [0.25, 0.3) is 0 Å². The average molecular weight is 313 g/mol. The Kier molecular flexibility index (Phi) is 3.25. The fourth-order valence-electron chi connectivity index (χ4n) is 1.34. The van der Waals surface area contributed by atoms with Gasteiger partial charge in [0, 0.05) is 12.3 Å². The van der Waals surface area contributed by atoms with Gasteiger partial charge < -0.3 is 4.74 Å². The fraction of sp³-hybridized carbons (Fsp3) is 0.364. The number of fused-ring (bicyclic) bond motifs is 1. The minimum atomic E-state index is -0.540. The lowest BCUT2D eigenvalue weighted by Crippen LogP contribution is -2.27. The Bertz CT molecular complexity index is 588. The summed E-state index contributed by atoms with van der Waals surface area (Å²) in [6.45, 7) is 5.40.